The summed E-state index contributed by atoms with van der Waals surface area (Å²) in [5, 5.41) is 0. The van der Waals surface area contributed by atoms with Crippen molar-refractivity contribution < 1.29 is 9.53 Å². The average molecular weight is 266 g/mol. The van der Waals surface area contributed by atoms with Gasteiger partial charge in [-0.3, -0.25) is 4.79 Å². The van der Waals surface area contributed by atoms with Crippen molar-refractivity contribution in [3.05, 3.63) is 35.4 Å². The van der Waals surface area contributed by atoms with E-state index in [0.29, 0.717) is 25.6 Å². The Bertz CT molecular complexity index is 463. The summed E-state index contributed by atoms with van der Waals surface area (Å²) in [5.41, 5.74) is 2.49. The molecule has 1 aromatic rings. The molecule has 0 bridgehead atoms. The van der Waals surface area contributed by atoms with Gasteiger partial charge in [0.25, 0.3) is 0 Å². The summed E-state index contributed by atoms with van der Waals surface area (Å²) >= 11 is 5.80. The molecule has 0 spiro atoms. The van der Waals surface area contributed by atoms with E-state index in [4.69, 9.17) is 16.3 Å². The maximum atomic E-state index is 12.4. The van der Waals surface area contributed by atoms with E-state index in [9.17, 15) is 4.79 Å². The highest BCUT2D eigenvalue weighted by Crippen LogP contribution is 2.36. The van der Waals surface area contributed by atoms with Crippen molar-refractivity contribution in [2.75, 3.05) is 25.6 Å². The maximum absolute atomic E-state index is 12.4. The summed E-state index contributed by atoms with van der Waals surface area (Å²) in [5.74, 6) is 0.729. The van der Waals surface area contributed by atoms with Crippen LogP contribution in [0, 0.1) is 0 Å². The van der Waals surface area contributed by atoms with E-state index in [1.807, 2.05) is 17.0 Å². The number of carbonyl (C=O) groups is 1. The third kappa shape index (κ3) is 2.02. The molecule has 0 aromatic heterocycles. The Hall–Kier alpha value is -1.06. The molecule has 1 fully saturated rings. The van der Waals surface area contributed by atoms with Gasteiger partial charge in [0.15, 0.2) is 0 Å². The van der Waals surface area contributed by atoms with Crippen molar-refractivity contribution in [2.45, 2.75) is 18.4 Å². The molecule has 1 heterocycles. The zero-order valence-electron chi connectivity index (χ0n) is 10.1. The second-order valence-electron chi connectivity index (χ2n) is 4.89. The Morgan fingerprint density at radius 3 is 3.06 bits per heavy atom. The van der Waals surface area contributed by atoms with Crippen molar-refractivity contribution in [2.24, 2.45) is 0 Å². The highest BCUT2D eigenvalue weighted by Gasteiger charge is 2.36. The first-order chi connectivity index (χ1) is 8.79. The average Bonchev–Trinajstić information content (AvgIpc) is 2.40. The molecule has 4 heteroatoms. The Morgan fingerprint density at radius 2 is 2.28 bits per heavy atom. The lowest BCUT2D eigenvalue weighted by atomic mass is 9.77. The fourth-order valence-corrected chi connectivity index (χ4v) is 2.90. The highest BCUT2D eigenvalue weighted by atomic mass is 35.5. The molecule has 3 nitrogen and oxygen atoms in total. The number of halogens is 1. The number of benzene rings is 1. The topological polar surface area (TPSA) is 29.5 Å². The van der Waals surface area contributed by atoms with Crippen LogP contribution in [0.1, 0.15) is 17.0 Å². The van der Waals surface area contributed by atoms with Crippen molar-refractivity contribution in [3.8, 4) is 0 Å². The van der Waals surface area contributed by atoms with E-state index < -0.39 is 0 Å². The predicted octanol–water partition coefficient (Wildman–Crippen LogP) is 1.79. The van der Waals surface area contributed by atoms with Gasteiger partial charge in [0.2, 0.25) is 5.91 Å². The zero-order chi connectivity index (χ0) is 12.5. The molecular weight excluding hydrogens is 250 g/mol. The molecule has 3 rings (SSSR count). The van der Waals surface area contributed by atoms with E-state index in [0.717, 1.165) is 6.42 Å². The van der Waals surface area contributed by atoms with Crippen LogP contribution in [0.15, 0.2) is 24.3 Å². The molecule has 1 amide bonds. The summed E-state index contributed by atoms with van der Waals surface area (Å²) in [6.07, 6.45) is 0.859. The van der Waals surface area contributed by atoms with Crippen LogP contribution in [-0.4, -0.2) is 42.5 Å². The smallest absolute Gasteiger partial charge is 0.230 e. The molecule has 18 heavy (non-hydrogen) atoms. The van der Waals surface area contributed by atoms with E-state index in [2.05, 4.69) is 12.1 Å². The van der Waals surface area contributed by atoms with Crippen LogP contribution in [-0.2, 0) is 16.0 Å². The van der Waals surface area contributed by atoms with Crippen molar-refractivity contribution >= 4 is 17.5 Å². The summed E-state index contributed by atoms with van der Waals surface area (Å²) in [6.45, 7) is 1.91. The standard InChI is InChI=1S/C14H16ClNO2/c15-8-11-9-16(5-6-18-11)14(17)13-7-10-3-1-2-4-12(10)13/h1-4,11,13H,5-9H2. The van der Waals surface area contributed by atoms with Crippen LogP contribution in [0.5, 0.6) is 0 Å². The second kappa shape index (κ2) is 4.90. The van der Waals surface area contributed by atoms with Gasteiger partial charge in [-0.1, -0.05) is 24.3 Å². The molecular formula is C14H16ClNO2. The van der Waals surface area contributed by atoms with Gasteiger partial charge in [-0.25, -0.2) is 0 Å². The van der Waals surface area contributed by atoms with Gasteiger partial charge in [-0.15, -0.1) is 11.6 Å². The van der Waals surface area contributed by atoms with Crippen molar-refractivity contribution in [3.63, 3.8) is 0 Å². The monoisotopic (exact) mass is 265 g/mol. The number of fused-ring (bicyclic) bond motifs is 1. The number of amides is 1. The maximum Gasteiger partial charge on any atom is 0.230 e. The lowest BCUT2D eigenvalue weighted by Gasteiger charge is -2.37. The molecule has 0 saturated carbocycles. The molecule has 0 N–H and O–H groups in total. The first-order valence-electron chi connectivity index (χ1n) is 6.33. The zero-order valence-corrected chi connectivity index (χ0v) is 10.9. The van der Waals surface area contributed by atoms with Crippen molar-refractivity contribution in [1.82, 2.24) is 4.90 Å². The second-order valence-corrected chi connectivity index (χ2v) is 5.20. The van der Waals surface area contributed by atoms with Crippen LogP contribution >= 0.6 is 11.6 Å². The van der Waals surface area contributed by atoms with Gasteiger partial charge >= 0.3 is 0 Å². The number of ether oxygens (including phenoxy) is 1. The number of hydrogen-bond acceptors (Lipinski definition) is 2. The number of nitrogens with zero attached hydrogens (tertiary/aromatic N) is 1. The van der Waals surface area contributed by atoms with Crippen LogP contribution in [0.4, 0.5) is 0 Å². The van der Waals surface area contributed by atoms with Crippen molar-refractivity contribution in [1.29, 1.82) is 0 Å². The fourth-order valence-electron chi connectivity index (χ4n) is 2.71. The van der Waals surface area contributed by atoms with Crippen LogP contribution in [0.2, 0.25) is 0 Å². The van der Waals surface area contributed by atoms with Gasteiger partial charge in [0, 0.05) is 13.1 Å². The van der Waals surface area contributed by atoms with Gasteiger partial charge in [-0.05, 0) is 17.5 Å². The van der Waals surface area contributed by atoms with E-state index >= 15 is 0 Å². The Kier molecular flexibility index (Phi) is 3.27. The van der Waals surface area contributed by atoms with Crippen LogP contribution < -0.4 is 0 Å². The minimum atomic E-state index is -0.0142. The molecule has 2 atom stereocenters. The lowest BCUT2D eigenvalue weighted by Crippen LogP contribution is -2.49. The first kappa shape index (κ1) is 12.0. The number of alkyl halides is 1. The first-order valence-corrected chi connectivity index (χ1v) is 6.87. The van der Waals surface area contributed by atoms with Gasteiger partial charge in [0.1, 0.15) is 0 Å². The van der Waals surface area contributed by atoms with E-state index in [1.54, 1.807) is 0 Å². The summed E-state index contributed by atoms with van der Waals surface area (Å²) < 4.78 is 5.48. The Labute approximate surface area is 112 Å². The Balaban J connectivity index is 1.69. The normalized spacial score (nSPS) is 26.4. The summed E-state index contributed by atoms with van der Waals surface area (Å²) in [4.78, 5) is 14.3. The molecule has 1 aromatic carbocycles. The lowest BCUT2D eigenvalue weighted by molar-refractivity contribution is -0.140. The largest absolute Gasteiger partial charge is 0.373 e. The van der Waals surface area contributed by atoms with E-state index in [-0.39, 0.29) is 17.9 Å². The minimum absolute atomic E-state index is 0.0142. The molecule has 1 aliphatic carbocycles. The van der Waals surface area contributed by atoms with Gasteiger partial charge < -0.3 is 9.64 Å². The minimum Gasteiger partial charge on any atom is -0.373 e. The Morgan fingerprint density at radius 1 is 1.44 bits per heavy atom. The molecule has 1 saturated heterocycles. The van der Waals surface area contributed by atoms with E-state index in [1.165, 1.54) is 11.1 Å². The highest BCUT2D eigenvalue weighted by molar-refractivity contribution is 6.18. The third-order valence-electron chi connectivity index (χ3n) is 3.78. The molecule has 1 aliphatic heterocycles. The number of morpholine rings is 1. The third-order valence-corrected chi connectivity index (χ3v) is 4.12. The molecule has 2 unspecified atom stereocenters. The van der Waals surface area contributed by atoms with Gasteiger partial charge in [-0.2, -0.15) is 0 Å². The number of hydrogen-bond donors (Lipinski definition) is 0. The van der Waals surface area contributed by atoms with Gasteiger partial charge in [0.05, 0.1) is 24.5 Å². The quantitative estimate of drug-likeness (QED) is 0.763. The molecule has 96 valence electrons. The number of rotatable bonds is 2. The number of carbonyl (C=O) groups excluding carboxylic acids is 1. The molecule has 0 radical (unpaired) electrons. The summed E-state index contributed by atoms with van der Waals surface area (Å²) in [6, 6.07) is 8.18. The van der Waals surface area contributed by atoms with Crippen LogP contribution in [0.3, 0.4) is 0 Å². The molecule has 2 aliphatic rings. The summed E-state index contributed by atoms with van der Waals surface area (Å²) in [7, 11) is 0. The van der Waals surface area contributed by atoms with Crippen LogP contribution in [0.25, 0.3) is 0 Å². The SMILES string of the molecule is O=C(C1Cc2ccccc21)N1CCOC(CCl)C1. The predicted molar refractivity (Wildman–Crippen MR) is 69.9 cm³/mol. The fraction of sp³-hybridized carbons (Fsp3) is 0.500.